The zero-order chi connectivity index (χ0) is 19.5. The fraction of sp³-hybridized carbons (Fsp3) is 0.455. The highest BCUT2D eigenvalue weighted by Gasteiger charge is 2.49. The molecule has 2 aromatic carbocycles. The van der Waals surface area contributed by atoms with Crippen molar-refractivity contribution in [1.82, 2.24) is 3.11 Å². The number of benzene rings is 2. The normalized spacial score (nSPS) is 22.0. The molecule has 0 aromatic heterocycles. The molecule has 0 radical (unpaired) electrons. The van der Waals surface area contributed by atoms with Crippen molar-refractivity contribution in [3.63, 3.8) is 0 Å². The summed E-state index contributed by atoms with van der Waals surface area (Å²) < 4.78 is 2.45. The van der Waals surface area contributed by atoms with Crippen LogP contribution in [0.1, 0.15) is 33.6 Å². The maximum Gasteiger partial charge on any atom is 0.258 e. The van der Waals surface area contributed by atoms with Crippen molar-refractivity contribution in [1.29, 1.82) is 0 Å². The molecule has 3 rings (SSSR count). The van der Waals surface area contributed by atoms with Gasteiger partial charge in [0.15, 0.2) is 0 Å². The maximum atomic E-state index is 12.2. The van der Waals surface area contributed by atoms with Crippen LogP contribution >= 0.6 is 34.6 Å². The molecule has 1 aliphatic rings. The first-order chi connectivity index (χ1) is 12.8. The maximum absolute atomic E-state index is 12.2. The van der Waals surface area contributed by atoms with Gasteiger partial charge in [-0.25, -0.2) is 3.11 Å². The Balaban J connectivity index is 1.85. The Morgan fingerprint density at radius 2 is 1.59 bits per heavy atom. The predicted molar refractivity (Wildman–Crippen MR) is 130 cm³/mol. The molecule has 1 heterocycles. The monoisotopic (exact) mass is 511 g/mol. The summed E-state index contributed by atoms with van der Waals surface area (Å²) in [5, 5.41) is 2.74. The van der Waals surface area contributed by atoms with Gasteiger partial charge in [0.1, 0.15) is 0 Å². The van der Waals surface area contributed by atoms with E-state index < -0.39 is 8.32 Å². The van der Waals surface area contributed by atoms with E-state index in [0.29, 0.717) is 11.3 Å². The fourth-order valence-electron chi connectivity index (χ4n) is 3.97. The largest absolute Gasteiger partial charge is 0.424 e. The van der Waals surface area contributed by atoms with Crippen LogP contribution < -0.4 is 10.4 Å². The van der Waals surface area contributed by atoms with Crippen LogP contribution in [0.15, 0.2) is 60.7 Å². The fourth-order valence-corrected chi connectivity index (χ4v) is 10.2. The zero-order valence-electron chi connectivity index (χ0n) is 16.4. The Hall–Kier alpha value is -0.343. The molecule has 0 bridgehead atoms. The zero-order valence-corrected chi connectivity index (χ0v) is 20.4. The summed E-state index contributed by atoms with van der Waals surface area (Å²) in [6.45, 7) is 7.99. The van der Waals surface area contributed by atoms with Gasteiger partial charge in [0.2, 0.25) is 0 Å². The lowest BCUT2D eigenvalue weighted by Gasteiger charge is -2.42. The molecule has 0 spiro atoms. The average molecular weight is 512 g/mol. The Morgan fingerprint density at radius 3 is 2.07 bits per heavy atom. The third-order valence-electron chi connectivity index (χ3n) is 5.88. The van der Waals surface area contributed by atoms with Crippen molar-refractivity contribution in [2.45, 2.75) is 49.9 Å². The molecule has 1 fully saturated rings. The SMILES string of the molecule is C[C@@H]1CS[C@@H](CCC(C)(C)[Si](O)(c2ccccc2)c2ccccc2)CN1I. The van der Waals surface area contributed by atoms with E-state index in [9.17, 15) is 4.80 Å². The number of thioether (sulfide) groups is 1. The number of halogens is 1. The van der Waals surface area contributed by atoms with Crippen molar-refractivity contribution in [3.8, 4) is 0 Å². The molecule has 1 saturated heterocycles. The van der Waals surface area contributed by atoms with Gasteiger partial charge in [-0.3, -0.25) is 0 Å². The summed E-state index contributed by atoms with van der Waals surface area (Å²) in [6, 6.07) is 21.4. The minimum Gasteiger partial charge on any atom is -0.424 e. The van der Waals surface area contributed by atoms with E-state index in [0.717, 1.165) is 29.8 Å². The molecule has 0 unspecified atom stereocenters. The third kappa shape index (κ3) is 4.64. The van der Waals surface area contributed by atoms with Crippen LogP contribution in [0.25, 0.3) is 0 Å². The number of hydrogen-bond acceptors (Lipinski definition) is 3. The van der Waals surface area contributed by atoms with Gasteiger partial charge < -0.3 is 4.80 Å². The van der Waals surface area contributed by atoms with Crippen LogP contribution in [0.2, 0.25) is 5.04 Å². The number of hydrogen-bond donors (Lipinski definition) is 1. The van der Waals surface area contributed by atoms with Crippen molar-refractivity contribution in [2.75, 3.05) is 12.3 Å². The molecule has 0 saturated carbocycles. The molecule has 1 N–H and O–H groups in total. The third-order valence-corrected chi connectivity index (χ3v) is 13.3. The van der Waals surface area contributed by atoms with Crippen molar-refractivity contribution >= 4 is 53.3 Å². The summed E-state index contributed by atoms with van der Waals surface area (Å²) in [5.41, 5.74) is 0. The van der Waals surface area contributed by atoms with Crippen molar-refractivity contribution in [3.05, 3.63) is 60.7 Å². The van der Waals surface area contributed by atoms with Gasteiger partial charge in [-0.15, -0.1) is 0 Å². The molecule has 146 valence electrons. The molecule has 2 atom stereocenters. The van der Waals surface area contributed by atoms with Crippen LogP contribution in [0.5, 0.6) is 0 Å². The van der Waals surface area contributed by atoms with Gasteiger partial charge in [-0.05, 0) is 35.2 Å². The Morgan fingerprint density at radius 1 is 1.07 bits per heavy atom. The smallest absolute Gasteiger partial charge is 0.258 e. The lowest BCUT2D eigenvalue weighted by atomic mass is 10.0. The first-order valence-electron chi connectivity index (χ1n) is 9.72. The van der Waals surface area contributed by atoms with Crippen LogP contribution in [0, 0.1) is 0 Å². The summed E-state index contributed by atoms with van der Waals surface area (Å²) in [5.74, 6) is 1.20. The summed E-state index contributed by atoms with van der Waals surface area (Å²) >= 11 is 4.58. The van der Waals surface area contributed by atoms with Gasteiger partial charge in [-0.2, -0.15) is 11.8 Å². The van der Waals surface area contributed by atoms with E-state index in [1.165, 1.54) is 5.75 Å². The minimum atomic E-state index is -2.87. The average Bonchev–Trinajstić information content (AvgIpc) is 2.69. The topological polar surface area (TPSA) is 23.5 Å². The molecular weight excluding hydrogens is 481 g/mol. The molecule has 0 aliphatic carbocycles. The van der Waals surface area contributed by atoms with Crippen molar-refractivity contribution in [2.24, 2.45) is 0 Å². The highest BCUT2D eigenvalue weighted by Crippen LogP contribution is 2.42. The van der Waals surface area contributed by atoms with E-state index in [2.05, 4.69) is 107 Å². The molecule has 2 aromatic rings. The summed E-state index contributed by atoms with van der Waals surface area (Å²) in [7, 11) is -2.87. The molecule has 5 heteroatoms. The first-order valence-corrected chi connectivity index (χ1v) is 13.7. The highest BCUT2D eigenvalue weighted by atomic mass is 127. The van der Waals surface area contributed by atoms with Gasteiger partial charge in [0.05, 0.1) is 0 Å². The lowest BCUT2D eigenvalue weighted by molar-refractivity contribution is 0.393. The molecule has 2 nitrogen and oxygen atoms in total. The van der Waals surface area contributed by atoms with E-state index in [1.807, 2.05) is 12.1 Å². The molecular formula is C22H30INOSSi. The van der Waals surface area contributed by atoms with E-state index in [-0.39, 0.29) is 5.04 Å². The van der Waals surface area contributed by atoms with Crippen LogP contribution in [0.4, 0.5) is 0 Å². The van der Waals surface area contributed by atoms with Crippen LogP contribution in [0.3, 0.4) is 0 Å². The lowest BCUT2D eigenvalue weighted by Crippen LogP contribution is -2.65. The molecule has 1 aliphatic heterocycles. The molecule has 27 heavy (non-hydrogen) atoms. The Labute approximate surface area is 183 Å². The highest BCUT2D eigenvalue weighted by molar-refractivity contribution is 14.1. The molecule has 0 amide bonds. The quantitative estimate of drug-likeness (QED) is 0.352. The minimum absolute atomic E-state index is 0.143. The van der Waals surface area contributed by atoms with E-state index in [4.69, 9.17) is 0 Å². The van der Waals surface area contributed by atoms with Gasteiger partial charge in [0.25, 0.3) is 8.32 Å². The second-order valence-electron chi connectivity index (χ2n) is 8.25. The summed E-state index contributed by atoms with van der Waals surface area (Å²) in [4.78, 5) is 12.2. The van der Waals surface area contributed by atoms with Gasteiger partial charge in [0, 0.05) is 46.5 Å². The standard InChI is InChI=1S/C22H30INOSSi/c1-18-17-26-19(16-24(18)23)14-15-22(2,3)27(25,20-10-6-4-7-11-20)21-12-8-5-9-13-21/h4-13,18-19,25H,14-17H2,1-3H3/t18-,19+/m1/s1. The number of nitrogens with zero attached hydrogens (tertiary/aromatic N) is 1. The summed E-state index contributed by atoms with van der Waals surface area (Å²) in [6.07, 6.45) is 2.19. The predicted octanol–water partition coefficient (Wildman–Crippen LogP) is 4.45. The van der Waals surface area contributed by atoms with Crippen LogP contribution in [-0.4, -0.2) is 39.8 Å². The van der Waals surface area contributed by atoms with Gasteiger partial charge >= 0.3 is 0 Å². The van der Waals surface area contributed by atoms with E-state index >= 15 is 0 Å². The van der Waals surface area contributed by atoms with Crippen molar-refractivity contribution < 1.29 is 4.80 Å². The van der Waals surface area contributed by atoms with E-state index in [1.54, 1.807) is 0 Å². The van der Waals surface area contributed by atoms with Crippen LogP contribution in [-0.2, 0) is 0 Å². The Bertz CT molecular complexity index is 688. The second-order valence-corrected chi connectivity index (χ2v) is 14.8. The second kappa shape index (κ2) is 8.99. The number of rotatable bonds is 6. The van der Waals surface area contributed by atoms with Gasteiger partial charge in [-0.1, -0.05) is 74.5 Å². The first kappa shape index (κ1) is 21.4. The Kier molecular flexibility index (Phi) is 7.11.